The van der Waals surface area contributed by atoms with Crippen LogP contribution < -0.4 is 15.3 Å². The van der Waals surface area contributed by atoms with Crippen LogP contribution in [0.4, 0.5) is 0 Å². The second-order valence-electron chi connectivity index (χ2n) is 9.00. The fourth-order valence-electron chi connectivity index (χ4n) is 5.09. The molecule has 1 aliphatic rings. The Hall–Kier alpha value is -3.37. The molecule has 0 amide bonds. The van der Waals surface area contributed by atoms with E-state index in [-0.39, 0.29) is 5.63 Å². The maximum absolute atomic E-state index is 12.1. The van der Waals surface area contributed by atoms with Gasteiger partial charge in [-0.2, -0.15) is 0 Å². The van der Waals surface area contributed by atoms with E-state index in [0.717, 1.165) is 48.2 Å². The maximum Gasteiger partial charge on any atom is 0.336 e. The van der Waals surface area contributed by atoms with Gasteiger partial charge in [-0.1, -0.05) is 74.0 Å². The molecule has 4 nitrogen and oxygen atoms in total. The van der Waals surface area contributed by atoms with Crippen molar-refractivity contribution in [3.63, 3.8) is 0 Å². The van der Waals surface area contributed by atoms with Gasteiger partial charge < -0.3 is 9.15 Å². The van der Waals surface area contributed by atoms with Crippen molar-refractivity contribution in [3.05, 3.63) is 111 Å². The molecule has 1 aliphatic heterocycles. The monoisotopic (exact) mass is 440 g/mol. The molecule has 1 atom stereocenters. The second kappa shape index (κ2) is 9.24. The number of quaternary nitrogens is 1. The van der Waals surface area contributed by atoms with E-state index in [2.05, 4.69) is 73.7 Å². The van der Waals surface area contributed by atoms with Gasteiger partial charge in [-0.15, -0.1) is 0 Å². The van der Waals surface area contributed by atoms with Gasteiger partial charge in [0.25, 0.3) is 0 Å². The lowest BCUT2D eigenvalue weighted by Gasteiger charge is -2.30. The Bertz CT molecular complexity index is 1270. The SMILES string of the molecule is CCCc1cc(=O)oc2c(C)c3c(cc12)C[NH+](CC(c1ccccc1)c1ccccc1)CO3. The Balaban J connectivity index is 1.49. The molecule has 1 N–H and O–H groups in total. The van der Waals surface area contributed by atoms with E-state index in [9.17, 15) is 4.79 Å². The van der Waals surface area contributed by atoms with Crippen LogP contribution in [0.5, 0.6) is 5.75 Å². The predicted molar refractivity (Wildman–Crippen MR) is 131 cm³/mol. The lowest BCUT2D eigenvalue weighted by atomic mass is 9.90. The van der Waals surface area contributed by atoms with E-state index in [1.165, 1.54) is 21.6 Å². The number of hydrogen-bond donors (Lipinski definition) is 1. The Labute approximate surface area is 194 Å². The summed E-state index contributed by atoms with van der Waals surface area (Å²) >= 11 is 0. The first-order valence-electron chi connectivity index (χ1n) is 11.8. The van der Waals surface area contributed by atoms with Crippen LogP contribution >= 0.6 is 0 Å². The van der Waals surface area contributed by atoms with Crippen molar-refractivity contribution >= 4 is 11.0 Å². The van der Waals surface area contributed by atoms with Gasteiger partial charge in [-0.3, -0.25) is 4.90 Å². The number of hydrogen-bond acceptors (Lipinski definition) is 3. The van der Waals surface area contributed by atoms with Gasteiger partial charge >= 0.3 is 5.63 Å². The minimum atomic E-state index is -0.286. The zero-order valence-electron chi connectivity index (χ0n) is 19.3. The summed E-state index contributed by atoms with van der Waals surface area (Å²) in [5, 5.41) is 1.04. The molecule has 0 aliphatic carbocycles. The summed E-state index contributed by atoms with van der Waals surface area (Å²) in [4.78, 5) is 13.5. The third-order valence-electron chi connectivity index (χ3n) is 6.65. The summed E-state index contributed by atoms with van der Waals surface area (Å²) in [6.07, 6.45) is 1.85. The fraction of sp³-hybridized carbons (Fsp3) is 0.276. The van der Waals surface area contributed by atoms with Crippen molar-refractivity contribution in [2.75, 3.05) is 13.3 Å². The Morgan fingerprint density at radius 2 is 1.64 bits per heavy atom. The first-order valence-corrected chi connectivity index (χ1v) is 11.8. The van der Waals surface area contributed by atoms with Crippen molar-refractivity contribution in [1.29, 1.82) is 0 Å². The smallest absolute Gasteiger partial charge is 0.336 e. The van der Waals surface area contributed by atoms with E-state index < -0.39 is 0 Å². The highest BCUT2D eigenvalue weighted by atomic mass is 16.5. The first-order chi connectivity index (χ1) is 16.1. The van der Waals surface area contributed by atoms with Gasteiger partial charge in [0.1, 0.15) is 17.9 Å². The highest BCUT2D eigenvalue weighted by Crippen LogP contribution is 2.34. The normalized spacial score (nSPS) is 15.4. The van der Waals surface area contributed by atoms with Crippen LogP contribution in [0.1, 0.15) is 47.1 Å². The minimum Gasteiger partial charge on any atom is -0.444 e. The van der Waals surface area contributed by atoms with Gasteiger partial charge in [0.05, 0.1) is 12.5 Å². The summed E-state index contributed by atoms with van der Waals surface area (Å²) < 4.78 is 11.9. The van der Waals surface area contributed by atoms with Crippen molar-refractivity contribution in [2.45, 2.75) is 39.2 Å². The average Bonchev–Trinajstić information content (AvgIpc) is 2.84. The molecule has 0 saturated heterocycles. The van der Waals surface area contributed by atoms with Crippen LogP contribution in [-0.2, 0) is 13.0 Å². The van der Waals surface area contributed by atoms with Crippen molar-refractivity contribution in [3.8, 4) is 5.75 Å². The standard InChI is InChI=1S/C29H29NO3/c1-3-10-23-16-27(31)33-29-20(2)28-24(15-25(23)29)17-30(19-32-28)18-26(21-11-6-4-7-12-21)22-13-8-5-9-14-22/h4-9,11-16,26H,3,10,17-19H2,1-2H3/p+1. The van der Waals surface area contributed by atoms with Gasteiger partial charge in [0.15, 0.2) is 0 Å². The molecule has 168 valence electrons. The predicted octanol–water partition coefficient (Wildman–Crippen LogP) is 4.62. The molecule has 0 radical (unpaired) electrons. The number of nitrogens with one attached hydrogen (secondary N) is 1. The lowest BCUT2D eigenvalue weighted by molar-refractivity contribution is -0.933. The molecule has 1 unspecified atom stereocenters. The number of ether oxygens (including phenoxy) is 1. The van der Waals surface area contributed by atoms with E-state index in [4.69, 9.17) is 9.15 Å². The quantitative estimate of drug-likeness (QED) is 0.445. The lowest BCUT2D eigenvalue weighted by Crippen LogP contribution is -3.12. The van der Waals surface area contributed by atoms with Crippen LogP contribution in [0.2, 0.25) is 0 Å². The summed E-state index contributed by atoms with van der Waals surface area (Å²) in [7, 11) is 0. The fourth-order valence-corrected chi connectivity index (χ4v) is 5.09. The van der Waals surface area contributed by atoms with Gasteiger partial charge in [0, 0.05) is 22.6 Å². The highest BCUT2D eigenvalue weighted by molar-refractivity contribution is 5.86. The molecule has 33 heavy (non-hydrogen) atoms. The minimum absolute atomic E-state index is 0.286. The van der Waals surface area contributed by atoms with Crippen LogP contribution in [0.3, 0.4) is 0 Å². The molecule has 0 bridgehead atoms. The van der Waals surface area contributed by atoms with E-state index >= 15 is 0 Å². The molecule has 0 saturated carbocycles. The number of aryl methyl sites for hydroxylation is 2. The molecule has 0 spiro atoms. The maximum atomic E-state index is 12.1. The molecular weight excluding hydrogens is 410 g/mol. The summed E-state index contributed by atoms with van der Waals surface area (Å²) in [5.41, 5.74) is 6.21. The third-order valence-corrected chi connectivity index (χ3v) is 6.65. The van der Waals surface area contributed by atoms with Gasteiger partial charge in [0.2, 0.25) is 6.73 Å². The van der Waals surface area contributed by atoms with Crippen LogP contribution in [0.25, 0.3) is 11.0 Å². The van der Waals surface area contributed by atoms with Crippen LogP contribution in [0, 0.1) is 6.92 Å². The zero-order valence-corrected chi connectivity index (χ0v) is 19.3. The molecule has 5 rings (SSSR count). The van der Waals surface area contributed by atoms with E-state index in [1.807, 2.05) is 6.92 Å². The van der Waals surface area contributed by atoms with Crippen LogP contribution in [0.15, 0.2) is 82.0 Å². The van der Waals surface area contributed by atoms with Gasteiger partial charge in [-0.25, -0.2) is 4.79 Å². The van der Waals surface area contributed by atoms with Crippen LogP contribution in [-0.4, -0.2) is 13.3 Å². The molecular formula is C29H30NO3+. The van der Waals surface area contributed by atoms with Gasteiger partial charge in [-0.05, 0) is 36.1 Å². The van der Waals surface area contributed by atoms with Crippen molar-refractivity contribution < 1.29 is 14.1 Å². The summed E-state index contributed by atoms with van der Waals surface area (Å²) in [6.45, 7) is 6.55. The average molecular weight is 441 g/mol. The second-order valence-corrected chi connectivity index (χ2v) is 9.00. The molecule has 3 aromatic carbocycles. The van der Waals surface area contributed by atoms with Crippen molar-refractivity contribution in [1.82, 2.24) is 0 Å². The molecule has 4 heteroatoms. The molecule has 4 aromatic rings. The molecule has 2 heterocycles. The number of benzene rings is 3. The Morgan fingerprint density at radius 3 is 2.27 bits per heavy atom. The Morgan fingerprint density at radius 1 is 0.970 bits per heavy atom. The Kier molecular flexibility index (Phi) is 6.01. The summed E-state index contributed by atoms with van der Waals surface area (Å²) in [6, 6.07) is 25.3. The topological polar surface area (TPSA) is 43.9 Å². The molecule has 0 fully saturated rings. The number of rotatable bonds is 6. The number of fused-ring (bicyclic) bond motifs is 2. The molecule has 1 aromatic heterocycles. The van der Waals surface area contributed by atoms with E-state index in [0.29, 0.717) is 18.2 Å². The largest absolute Gasteiger partial charge is 0.444 e. The van der Waals surface area contributed by atoms with E-state index in [1.54, 1.807) is 6.07 Å². The highest BCUT2D eigenvalue weighted by Gasteiger charge is 2.28. The zero-order chi connectivity index (χ0) is 22.8. The summed E-state index contributed by atoms with van der Waals surface area (Å²) in [5.74, 6) is 1.17. The van der Waals surface area contributed by atoms with Crippen molar-refractivity contribution in [2.24, 2.45) is 0 Å². The first kappa shape index (κ1) is 21.5. The third kappa shape index (κ3) is 4.31.